The minimum absolute atomic E-state index is 0.0675. The molecule has 1 amide bonds. The molecular formula is C22H23N3O2. The van der Waals surface area contributed by atoms with Gasteiger partial charge in [-0.05, 0) is 47.4 Å². The number of carbonyl (C=O) groups is 1. The molecule has 3 aromatic rings. The van der Waals surface area contributed by atoms with Gasteiger partial charge in [0.2, 0.25) is 0 Å². The molecule has 0 bridgehead atoms. The number of hydrogen-bond donors (Lipinski definition) is 1. The molecule has 1 aromatic heterocycles. The number of hydrogen-bond acceptors (Lipinski definition) is 3. The van der Waals surface area contributed by atoms with Crippen LogP contribution in [0.5, 0.6) is 5.75 Å². The van der Waals surface area contributed by atoms with E-state index >= 15 is 0 Å². The van der Waals surface area contributed by atoms with Crippen molar-refractivity contribution in [3.63, 3.8) is 0 Å². The normalized spacial score (nSPS) is 13.7. The second kappa shape index (κ2) is 7.27. The van der Waals surface area contributed by atoms with Crippen molar-refractivity contribution in [2.24, 2.45) is 7.05 Å². The molecule has 5 nitrogen and oxygen atoms in total. The topological polar surface area (TPSA) is 56.1 Å². The quantitative estimate of drug-likeness (QED) is 0.750. The second-order valence-corrected chi connectivity index (χ2v) is 6.82. The molecule has 1 aliphatic rings. The van der Waals surface area contributed by atoms with Gasteiger partial charge in [0.15, 0.2) is 0 Å². The zero-order chi connectivity index (χ0) is 18.8. The van der Waals surface area contributed by atoms with Gasteiger partial charge in [-0.3, -0.25) is 9.48 Å². The van der Waals surface area contributed by atoms with Crippen LogP contribution in [-0.4, -0.2) is 22.3 Å². The zero-order valence-corrected chi connectivity index (χ0v) is 15.6. The van der Waals surface area contributed by atoms with Crippen LogP contribution in [0.4, 0.5) is 0 Å². The first kappa shape index (κ1) is 17.3. The van der Waals surface area contributed by atoms with Crippen molar-refractivity contribution in [1.29, 1.82) is 0 Å². The molecule has 2 heterocycles. The van der Waals surface area contributed by atoms with Crippen LogP contribution in [-0.2, 0) is 13.5 Å². The number of amides is 1. The number of aromatic nitrogens is 2. The van der Waals surface area contributed by atoms with Crippen molar-refractivity contribution >= 4 is 5.91 Å². The molecule has 2 aromatic carbocycles. The Balaban J connectivity index is 1.57. The number of fused-ring (bicyclic) bond motifs is 1. The Morgan fingerprint density at radius 2 is 2.07 bits per heavy atom. The Morgan fingerprint density at radius 3 is 2.85 bits per heavy atom. The van der Waals surface area contributed by atoms with Crippen LogP contribution in [0.15, 0.2) is 54.7 Å². The van der Waals surface area contributed by atoms with Gasteiger partial charge < -0.3 is 10.1 Å². The van der Waals surface area contributed by atoms with Crippen molar-refractivity contribution in [3.05, 3.63) is 71.5 Å². The summed E-state index contributed by atoms with van der Waals surface area (Å²) in [5.74, 6) is 0.868. The summed E-state index contributed by atoms with van der Waals surface area (Å²) < 4.78 is 7.47. The molecular weight excluding hydrogens is 338 g/mol. The smallest absolute Gasteiger partial charge is 0.251 e. The Labute approximate surface area is 159 Å². The van der Waals surface area contributed by atoms with Gasteiger partial charge in [-0.25, -0.2) is 0 Å². The molecule has 0 aliphatic carbocycles. The first-order chi connectivity index (χ1) is 13.2. The van der Waals surface area contributed by atoms with Gasteiger partial charge in [0.1, 0.15) is 5.75 Å². The highest BCUT2D eigenvalue weighted by molar-refractivity contribution is 5.95. The van der Waals surface area contributed by atoms with E-state index in [1.807, 2.05) is 37.4 Å². The van der Waals surface area contributed by atoms with Gasteiger partial charge in [-0.2, -0.15) is 5.10 Å². The first-order valence-electron chi connectivity index (χ1n) is 9.30. The van der Waals surface area contributed by atoms with Crippen LogP contribution >= 0.6 is 0 Å². The summed E-state index contributed by atoms with van der Waals surface area (Å²) in [6, 6.07) is 15.9. The molecule has 0 fully saturated rings. The van der Waals surface area contributed by atoms with Crippen LogP contribution < -0.4 is 10.1 Å². The molecule has 5 heteroatoms. The number of benzene rings is 2. The average molecular weight is 361 g/mol. The molecule has 0 radical (unpaired) electrons. The van der Waals surface area contributed by atoms with Crippen molar-refractivity contribution in [2.45, 2.75) is 25.8 Å². The summed E-state index contributed by atoms with van der Waals surface area (Å²) in [5, 5.41) is 7.32. The highest BCUT2D eigenvalue weighted by Crippen LogP contribution is 2.31. The van der Waals surface area contributed by atoms with Crippen LogP contribution in [0.2, 0.25) is 0 Å². The third-order valence-electron chi connectivity index (χ3n) is 5.08. The summed E-state index contributed by atoms with van der Waals surface area (Å²) >= 11 is 0. The fraction of sp³-hybridized carbons (Fsp3) is 0.273. The highest BCUT2D eigenvalue weighted by Gasteiger charge is 2.18. The number of rotatable bonds is 5. The molecule has 4 rings (SSSR count). The maximum Gasteiger partial charge on any atom is 0.251 e. The van der Waals surface area contributed by atoms with Crippen LogP contribution in [0, 0.1) is 0 Å². The van der Waals surface area contributed by atoms with Crippen molar-refractivity contribution in [3.8, 4) is 16.9 Å². The lowest BCUT2D eigenvalue weighted by Crippen LogP contribution is -2.29. The molecule has 1 aliphatic heterocycles. The maximum absolute atomic E-state index is 12.8. The minimum atomic E-state index is -0.0812. The monoisotopic (exact) mass is 361 g/mol. The van der Waals surface area contributed by atoms with Gasteiger partial charge in [0, 0.05) is 25.2 Å². The van der Waals surface area contributed by atoms with Crippen molar-refractivity contribution in [2.75, 3.05) is 6.61 Å². The molecule has 27 heavy (non-hydrogen) atoms. The van der Waals surface area contributed by atoms with E-state index in [1.54, 1.807) is 10.9 Å². The van der Waals surface area contributed by atoms with E-state index in [-0.39, 0.29) is 11.9 Å². The molecule has 0 saturated carbocycles. The standard InChI is InChI=1S/C22H23N3O2/c1-3-19(20-9-11-23-25(20)2)24-22(26)18-6-4-5-16(13-18)17-8-7-15-10-12-27-21(15)14-17/h4-9,11,13-14,19H,3,10,12H2,1-2H3,(H,24,26)/t19-/m0/s1. The summed E-state index contributed by atoms with van der Waals surface area (Å²) in [7, 11) is 1.89. The fourth-order valence-corrected chi connectivity index (χ4v) is 3.54. The van der Waals surface area contributed by atoms with E-state index in [0.717, 1.165) is 42.0 Å². The van der Waals surface area contributed by atoms with E-state index in [2.05, 4.69) is 35.5 Å². The molecule has 1 atom stereocenters. The Bertz CT molecular complexity index is 977. The molecule has 0 spiro atoms. The number of nitrogens with one attached hydrogen (secondary N) is 1. The number of nitrogens with zero attached hydrogens (tertiary/aromatic N) is 2. The van der Waals surface area contributed by atoms with Crippen molar-refractivity contribution < 1.29 is 9.53 Å². The fourth-order valence-electron chi connectivity index (χ4n) is 3.54. The summed E-state index contributed by atoms with van der Waals surface area (Å²) in [4.78, 5) is 12.8. The van der Waals surface area contributed by atoms with Gasteiger partial charge >= 0.3 is 0 Å². The van der Waals surface area contributed by atoms with Crippen molar-refractivity contribution in [1.82, 2.24) is 15.1 Å². The molecule has 1 N–H and O–H groups in total. The Kier molecular flexibility index (Phi) is 4.67. The molecule has 0 unspecified atom stereocenters. The lowest BCUT2D eigenvalue weighted by atomic mass is 10.0. The third-order valence-corrected chi connectivity index (χ3v) is 5.08. The van der Waals surface area contributed by atoms with Gasteiger partial charge in [0.25, 0.3) is 5.91 Å². The van der Waals surface area contributed by atoms with Crippen LogP contribution in [0.1, 0.15) is 41.0 Å². The summed E-state index contributed by atoms with van der Waals surface area (Å²) in [5.41, 5.74) is 4.96. The van der Waals surface area contributed by atoms with E-state index in [4.69, 9.17) is 4.74 Å². The second-order valence-electron chi connectivity index (χ2n) is 6.82. The first-order valence-corrected chi connectivity index (χ1v) is 9.30. The summed E-state index contributed by atoms with van der Waals surface area (Å²) in [6.45, 7) is 2.80. The average Bonchev–Trinajstić information content (AvgIpc) is 3.34. The highest BCUT2D eigenvalue weighted by atomic mass is 16.5. The lowest BCUT2D eigenvalue weighted by molar-refractivity contribution is 0.0934. The maximum atomic E-state index is 12.8. The van der Waals surface area contributed by atoms with E-state index in [9.17, 15) is 4.79 Å². The molecule has 138 valence electrons. The van der Waals surface area contributed by atoms with Crippen LogP contribution in [0.3, 0.4) is 0 Å². The van der Waals surface area contributed by atoms with Crippen LogP contribution in [0.25, 0.3) is 11.1 Å². The SMILES string of the molecule is CC[C@H](NC(=O)c1cccc(-c2ccc3c(c2)OCC3)c1)c1ccnn1C. The van der Waals surface area contributed by atoms with E-state index in [1.165, 1.54) is 5.56 Å². The van der Waals surface area contributed by atoms with Gasteiger partial charge in [-0.15, -0.1) is 0 Å². The van der Waals surface area contributed by atoms with E-state index in [0.29, 0.717) is 5.56 Å². The zero-order valence-electron chi connectivity index (χ0n) is 15.6. The van der Waals surface area contributed by atoms with E-state index < -0.39 is 0 Å². The lowest BCUT2D eigenvalue weighted by Gasteiger charge is -2.17. The summed E-state index contributed by atoms with van der Waals surface area (Å²) in [6.07, 6.45) is 3.51. The predicted molar refractivity (Wildman–Crippen MR) is 105 cm³/mol. The Hall–Kier alpha value is -3.08. The van der Waals surface area contributed by atoms with Gasteiger partial charge in [0.05, 0.1) is 18.3 Å². The predicted octanol–water partition coefficient (Wildman–Crippen LogP) is 3.90. The third kappa shape index (κ3) is 3.45. The number of carbonyl (C=O) groups excluding carboxylic acids is 1. The number of aryl methyl sites for hydroxylation is 1. The minimum Gasteiger partial charge on any atom is -0.493 e. The largest absolute Gasteiger partial charge is 0.493 e. The Morgan fingerprint density at radius 1 is 1.22 bits per heavy atom. The molecule has 0 saturated heterocycles. The number of ether oxygens (including phenoxy) is 1. The van der Waals surface area contributed by atoms with Gasteiger partial charge in [-0.1, -0.05) is 31.2 Å².